The van der Waals surface area contributed by atoms with Crippen LogP contribution in [0.1, 0.15) is 37.3 Å². The molecule has 0 saturated heterocycles. The fraction of sp³-hybridized carbons (Fsp3) is 0.400. The third kappa shape index (κ3) is 8.90. The van der Waals surface area contributed by atoms with E-state index >= 15 is 0 Å². The lowest BCUT2D eigenvalue weighted by molar-refractivity contribution is -0.118. The van der Waals surface area contributed by atoms with Crippen molar-refractivity contribution >= 4 is 64.5 Å². The highest BCUT2D eigenvalue weighted by Gasteiger charge is 2.11. The normalized spacial score (nSPS) is 12.3. The van der Waals surface area contributed by atoms with Crippen LogP contribution in [0.5, 0.6) is 0 Å². The number of aliphatic hydroxyl groups excluding tert-OH is 1. The summed E-state index contributed by atoms with van der Waals surface area (Å²) in [6, 6.07) is 11.2. The summed E-state index contributed by atoms with van der Waals surface area (Å²) in [6.07, 6.45) is -0.648. The van der Waals surface area contributed by atoms with Gasteiger partial charge in [-0.2, -0.15) is 0 Å². The molecule has 4 N–H and O–H groups in total. The summed E-state index contributed by atoms with van der Waals surface area (Å²) < 4.78 is 0.655. The molecule has 1 aromatic heterocycles. The number of carbonyl (C=O) groups excluding carboxylic acids is 1. The molecule has 29 heavy (non-hydrogen) atoms. The second-order valence-electron chi connectivity index (χ2n) is 6.57. The number of hydrogen-bond donors (Lipinski definition) is 4. The van der Waals surface area contributed by atoms with Crippen molar-refractivity contribution in [2.45, 2.75) is 33.4 Å². The monoisotopic (exact) mass is 550 g/mol. The highest BCUT2D eigenvalue weighted by Crippen LogP contribution is 2.26. The number of nitrogens with one attached hydrogen (secondary N) is 3. The fourth-order valence-corrected chi connectivity index (χ4v) is 3.34. The van der Waals surface area contributed by atoms with Gasteiger partial charge in [-0.05, 0) is 36.8 Å². The molecule has 0 aliphatic heterocycles. The molecule has 6 nitrogen and oxygen atoms in total. The molecule has 0 spiro atoms. The molecule has 0 bridgehead atoms. The lowest BCUT2D eigenvalue weighted by Crippen LogP contribution is -2.39. The van der Waals surface area contributed by atoms with Gasteiger partial charge in [0.25, 0.3) is 0 Å². The number of benzene rings is 1. The number of nitrogens with zero attached hydrogens (tertiary/aromatic N) is 1. The van der Waals surface area contributed by atoms with Crippen LogP contribution < -0.4 is 16.0 Å². The molecule has 9 heteroatoms. The summed E-state index contributed by atoms with van der Waals surface area (Å²) in [4.78, 5) is 17.1. The maximum atomic E-state index is 11.7. The second-order valence-corrected chi connectivity index (χ2v) is 8.32. The van der Waals surface area contributed by atoms with Crippen LogP contribution in [-0.2, 0) is 11.3 Å². The van der Waals surface area contributed by atoms with E-state index in [1.54, 1.807) is 6.07 Å². The minimum atomic E-state index is -0.648. The average molecular weight is 551 g/mol. The predicted molar refractivity (Wildman–Crippen MR) is 132 cm³/mol. The van der Waals surface area contributed by atoms with Crippen molar-refractivity contribution in [3.05, 3.63) is 51.2 Å². The Labute approximate surface area is 198 Å². The number of aliphatic imine (C=N–C) groups is 1. The molecule has 1 aromatic carbocycles. The first-order valence-electron chi connectivity index (χ1n) is 9.24. The Morgan fingerprint density at radius 1 is 1.17 bits per heavy atom. The lowest BCUT2D eigenvalue weighted by Gasteiger charge is -2.14. The zero-order chi connectivity index (χ0) is 20.5. The van der Waals surface area contributed by atoms with Crippen LogP contribution in [0.4, 0.5) is 5.69 Å². The molecule has 0 saturated carbocycles. The van der Waals surface area contributed by atoms with Gasteiger partial charge < -0.3 is 21.1 Å². The molecule has 0 fully saturated rings. The fourth-order valence-electron chi connectivity index (χ4n) is 2.29. The summed E-state index contributed by atoms with van der Waals surface area (Å²) in [5.41, 5.74) is 1.79. The average Bonchev–Trinajstić information content (AvgIpc) is 3.11. The topological polar surface area (TPSA) is 85.8 Å². The molecule has 1 atom stereocenters. The number of hydrogen-bond acceptors (Lipinski definition) is 4. The molecule has 2 aromatic rings. The van der Waals surface area contributed by atoms with Crippen LogP contribution in [0, 0.1) is 5.92 Å². The first-order chi connectivity index (χ1) is 13.4. The van der Waals surface area contributed by atoms with E-state index in [0.717, 1.165) is 16.1 Å². The molecular formula is C20H28ClIN4O2S. The molecule has 0 aliphatic carbocycles. The second kappa shape index (κ2) is 13.0. The van der Waals surface area contributed by atoms with E-state index in [1.165, 1.54) is 11.3 Å². The third-order valence-electron chi connectivity index (χ3n) is 3.90. The standard InChI is InChI=1S/C20H27ClN4O2S.HI/c1-4-22-20(24-12-16(26)17-9-10-18(21)28-17)23-11-14-5-7-15(8-6-14)25-19(27)13(2)3;/h5-10,13,16,26H,4,11-12H2,1-3H3,(H,25,27)(H2,22,23,24);1H. The van der Waals surface area contributed by atoms with Crippen LogP contribution in [0.3, 0.4) is 0 Å². The Hall–Kier alpha value is -1.36. The van der Waals surface area contributed by atoms with Crippen LogP contribution in [0.2, 0.25) is 4.34 Å². The quantitative estimate of drug-likeness (QED) is 0.223. The summed E-state index contributed by atoms with van der Waals surface area (Å²) in [6.45, 7) is 7.23. The molecule has 1 unspecified atom stereocenters. The first kappa shape index (κ1) is 25.7. The minimum absolute atomic E-state index is 0. The Kier molecular flexibility index (Phi) is 11.6. The zero-order valence-electron chi connectivity index (χ0n) is 16.7. The SMILES string of the molecule is CCNC(=NCc1ccc(NC(=O)C(C)C)cc1)NCC(O)c1ccc(Cl)s1.I. The van der Waals surface area contributed by atoms with E-state index in [4.69, 9.17) is 11.6 Å². The van der Waals surface area contributed by atoms with Crippen molar-refractivity contribution in [3.63, 3.8) is 0 Å². The summed E-state index contributed by atoms with van der Waals surface area (Å²) in [7, 11) is 0. The first-order valence-corrected chi connectivity index (χ1v) is 10.4. The molecular weight excluding hydrogens is 523 g/mol. The molecule has 0 radical (unpaired) electrons. The number of aliphatic hydroxyl groups is 1. The maximum absolute atomic E-state index is 11.7. The van der Waals surface area contributed by atoms with E-state index in [0.29, 0.717) is 29.9 Å². The number of guanidine groups is 1. The summed E-state index contributed by atoms with van der Waals surface area (Å²) >= 11 is 7.28. The van der Waals surface area contributed by atoms with Gasteiger partial charge in [0.1, 0.15) is 6.10 Å². The van der Waals surface area contributed by atoms with Gasteiger partial charge in [0.15, 0.2) is 5.96 Å². The Morgan fingerprint density at radius 2 is 1.86 bits per heavy atom. The van der Waals surface area contributed by atoms with Gasteiger partial charge in [-0.25, -0.2) is 4.99 Å². The van der Waals surface area contributed by atoms with Crippen LogP contribution in [-0.4, -0.2) is 30.1 Å². The van der Waals surface area contributed by atoms with Crippen molar-refractivity contribution in [1.29, 1.82) is 0 Å². The van der Waals surface area contributed by atoms with E-state index in [9.17, 15) is 9.90 Å². The van der Waals surface area contributed by atoms with E-state index in [1.807, 2.05) is 51.1 Å². The van der Waals surface area contributed by atoms with Gasteiger partial charge in [-0.3, -0.25) is 4.79 Å². The Morgan fingerprint density at radius 3 is 2.41 bits per heavy atom. The van der Waals surface area contributed by atoms with Gasteiger partial charge in [0.2, 0.25) is 5.91 Å². The molecule has 1 amide bonds. The number of carbonyl (C=O) groups is 1. The van der Waals surface area contributed by atoms with Crippen molar-refractivity contribution in [1.82, 2.24) is 10.6 Å². The molecule has 0 aliphatic rings. The number of halogens is 2. The highest BCUT2D eigenvalue weighted by atomic mass is 127. The molecule has 2 rings (SSSR count). The predicted octanol–water partition coefficient (Wildman–Crippen LogP) is 4.40. The van der Waals surface area contributed by atoms with E-state index in [2.05, 4.69) is 20.9 Å². The smallest absolute Gasteiger partial charge is 0.226 e. The van der Waals surface area contributed by atoms with Crippen LogP contribution >= 0.6 is 46.9 Å². The zero-order valence-corrected chi connectivity index (χ0v) is 20.6. The molecule has 160 valence electrons. The summed E-state index contributed by atoms with van der Waals surface area (Å²) in [5, 5.41) is 19.4. The Bertz CT molecular complexity index is 796. The van der Waals surface area contributed by atoms with E-state index < -0.39 is 6.10 Å². The number of amides is 1. The summed E-state index contributed by atoms with van der Waals surface area (Å²) in [5.74, 6) is 0.565. The minimum Gasteiger partial charge on any atom is -0.386 e. The number of anilines is 1. The largest absolute Gasteiger partial charge is 0.386 e. The van der Waals surface area contributed by atoms with Crippen LogP contribution in [0.25, 0.3) is 0 Å². The van der Waals surface area contributed by atoms with Gasteiger partial charge in [0, 0.05) is 29.6 Å². The lowest BCUT2D eigenvalue weighted by atomic mass is 10.2. The van der Waals surface area contributed by atoms with Crippen molar-refractivity contribution in [2.24, 2.45) is 10.9 Å². The van der Waals surface area contributed by atoms with Crippen LogP contribution in [0.15, 0.2) is 41.4 Å². The van der Waals surface area contributed by atoms with Gasteiger partial charge in [-0.15, -0.1) is 35.3 Å². The highest BCUT2D eigenvalue weighted by molar-refractivity contribution is 14.0. The maximum Gasteiger partial charge on any atom is 0.226 e. The van der Waals surface area contributed by atoms with Gasteiger partial charge >= 0.3 is 0 Å². The number of rotatable bonds is 8. The van der Waals surface area contributed by atoms with Crippen molar-refractivity contribution in [3.8, 4) is 0 Å². The van der Waals surface area contributed by atoms with Gasteiger partial charge in [-0.1, -0.05) is 37.6 Å². The van der Waals surface area contributed by atoms with Gasteiger partial charge in [0.05, 0.1) is 10.9 Å². The van der Waals surface area contributed by atoms with E-state index in [-0.39, 0.29) is 35.8 Å². The number of thiophene rings is 1. The van der Waals surface area contributed by atoms with Crippen molar-refractivity contribution < 1.29 is 9.90 Å². The molecule has 1 heterocycles. The Balaban J connectivity index is 0.00000420. The van der Waals surface area contributed by atoms with Crippen molar-refractivity contribution in [2.75, 3.05) is 18.4 Å². The third-order valence-corrected chi connectivity index (χ3v) is 5.23.